The number of benzene rings is 4. The molecule has 0 radical (unpaired) electrons. The van der Waals surface area contributed by atoms with Gasteiger partial charge >= 0.3 is 6.09 Å². The van der Waals surface area contributed by atoms with Gasteiger partial charge in [0.15, 0.2) is 0 Å². The third kappa shape index (κ3) is 9.05. The molecule has 246 valence electrons. The first-order chi connectivity index (χ1) is 22.6. The first-order valence-electron chi connectivity index (χ1n) is 15.6. The molecule has 4 N–H and O–H groups in total. The van der Waals surface area contributed by atoms with Gasteiger partial charge in [-0.3, -0.25) is 10.2 Å². The Morgan fingerprint density at radius 1 is 0.830 bits per heavy atom. The number of amides is 1. The first kappa shape index (κ1) is 33.8. The van der Waals surface area contributed by atoms with Gasteiger partial charge in [0, 0.05) is 32.2 Å². The number of nitrogens with zero attached hydrogens (tertiary/aromatic N) is 3. The predicted molar refractivity (Wildman–Crippen MR) is 183 cm³/mol. The van der Waals surface area contributed by atoms with E-state index in [1.807, 2.05) is 80.6 Å². The number of aliphatic hydroxyl groups is 1. The van der Waals surface area contributed by atoms with Crippen LogP contribution in [0.5, 0.6) is 0 Å². The van der Waals surface area contributed by atoms with Gasteiger partial charge in [0.2, 0.25) is 16.0 Å². The summed E-state index contributed by atoms with van der Waals surface area (Å²) in [4.78, 5) is 20.3. The molecule has 0 saturated carbocycles. The molecular formula is C36H41N5O5S. The van der Waals surface area contributed by atoms with E-state index in [0.717, 1.165) is 16.7 Å². The molecule has 0 aliphatic carbocycles. The molecule has 0 spiro atoms. The van der Waals surface area contributed by atoms with Crippen molar-refractivity contribution in [1.29, 1.82) is 0 Å². The summed E-state index contributed by atoms with van der Waals surface area (Å²) in [5.74, 6) is -0.0197. The van der Waals surface area contributed by atoms with Crippen molar-refractivity contribution >= 4 is 33.1 Å². The SMILES string of the molecule is CC(C)CN(C[C@@H](O)[C@H](Cc1ccccc1)N(Cc1ccccc1)Cc1ccccc1)S(=O)(=O)c1ccc2nc(NC(=O)O)[nH]c2c1. The first-order valence-corrected chi connectivity index (χ1v) is 17.1. The van der Waals surface area contributed by atoms with Crippen molar-refractivity contribution in [2.75, 3.05) is 18.4 Å². The van der Waals surface area contributed by atoms with Gasteiger partial charge < -0.3 is 15.2 Å². The Morgan fingerprint density at radius 3 is 1.91 bits per heavy atom. The second-order valence-electron chi connectivity index (χ2n) is 12.1. The van der Waals surface area contributed by atoms with Gasteiger partial charge in [0.05, 0.1) is 22.0 Å². The van der Waals surface area contributed by atoms with E-state index in [-0.39, 0.29) is 29.9 Å². The number of aromatic amines is 1. The average Bonchev–Trinajstić information content (AvgIpc) is 3.45. The average molecular weight is 656 g/mol. The zero-order valence-corrected chi connectivity index (χ0v) is 27.3. The van der Waals surface area contributed by atoms with Crippen molar-refractivity contribution in [2.45, 2.75) is 50.4 Å². The van der Waals surface area contributed by atoms with Gasteiger partial charge in [0.1, 0.15) is 0 Å². The summed E-state index contributed by atoms with van der Waals surface area (Å²) in [7, 11) is -4.08. The largest absolute Gasteiger partial charge is 0.465 e. The Labute approximate surface area is 275 Å². The molecule has 5 rings (SSSR count). The molecule has 47 heavy (non-hydrogen) atoms. The van der Waals surface area contributed by atoms with Gasteiger partial charge in [-0.15, -0.1) is 0 Å². The second-order valence-corrected chi connectivity index (χ2v) is 14.0. The van der Waals surface area contributed by atoms with E-state index in [4.69, 9.17) is 5.11 Å². The lowest BCUT2D eigenvalue weighted by Crippen LogP contribution is -2.50. The molecule has 0 aliphatic rings. The summed E-state index contributed by atoms with van der Waals surface area (Å²) in [6.45, 7) is 5.08. The van der Waals surface area contributed by atoms with Crippen molar-refractivity contribution in [3.63, 3.8) is 0 Å². The summed E-state index contributed by atoms with van der Waals surface area (Å²) in [5, 5.41) is 23.3. The number of fused-ring (bicyclic) bond motifs is 1. The fourth-order valence-corrected chi connectivity index (χ4v) is 7.41. The highest BCUT2D eigenvalue weighted by Crippen LogP contribution is 2.26. The van der Waals surface area contributed by atoms with Crippen LogP contribution in [0, 0.1) is 5.92 Å². The number of aliphatic hydroxyl groups excluding tert-OH is 1. The molecule has 1 amide bonds. The van der Waals surface area contributed by atoms with Crippen molar-refractivity contribution in [1.82, 2.24) is 19.2 Å². The number of hydrogen-bond donors (Lipinski definition) is 4. The van der Waals surface area contributed by atoms with E-state index in [0.29, 0.717) is 30.5 Å². The topological polar surface area (TPSA) is 139 Å². The predicted octanol–water partition coefficient (Wildman–Crippen LogP) is 5.97. The highest BCUT2D eigenvalue weighted by Gasteiger charge is 2.33. The lowest BCUT2D eigenvalue weighted by atomic mass is 9.97. The molecule has 0 aliphatic heterocycles. The van der Waals surface area contributed by atoms with Crippen LogP contribution in [0.2, 0.25) is 0 Å². The Morgan fingerprint density at radius 2 is 1.38 bits per heavy atom. The highest BCUT2D eigenvalue weighted by atomic mass is 32.2. The lowest BCUT2D eigenvalue weighted by molar-refractivity contribution is 0.0273. The van der Waals surface area contributed by atoms with Crippen molar-refractivity contribution < 1.29 is 23.4 Å². The maximum Gasteiger partial charge on any atom is 0.411 e. The fourth-order valence-electron chi connectivity index (χ4n) is 5.76. The summed E-state index contributed by atoms with van der Waals surface area (Å²) in [5.41, 5.74) is 4.01. The molecule has 11 heteroatoms. The minimum atomic E-state index is -4.08. The molecule has 1 aromatic heterocycles. The van der Waals surface area contributed by atoms with E-state index in [2.05, 4.69) is 44.5 Å². The zero-order chi connectivity index (χ0) is 33.4. The number of imidazole rings is 1. The molecule has 1 heterocycles. The van der Waals surface area contributed by atoms with Gasteiger partial charge in [-0.2, -0.15) is 4.31 Å². The molecule has 10 nitrogen and oxygen atoms in total. The van der Waals surface area contributed by atoms with Crippen LogP contribution in [0.4, 0.5) is 10.7 Å². The maximum atomic E-state index is 14.2. The number of rotatable bonds is 15. The molecule has 0 saturated heterocycles. The van der Waals surface area contributed by atoms with E-state index in [9.17, 15) is 18.3 Å². The van der Waals surface area contributed by atoms with Crippen molar-refractivity contribution in [3.05, 3.63) is 126 Å². The summed E-state index contributed by atoms with van der Waals surface area (Å²) in [6, 6.07) is 34.1. The molecule has 4 aromatic carbocycles. The van der Waals surface area contributed by atoms with Gasteiger partial charge in [-0.1, -0.05) is 105 Å². The quantitative estimate of drug-likeness (QED) is 0.109. The van der Waals surface area contributed by atoms with Crippen LogP contribution in [0.1, 0.15) is 30.5 Å². The number of H-pyrrole nitrogens is 1. The van der Waals surface area contributed by atoms with Crippen molar-refractivity contribution in [3.8, 4) is 0 Å². The van der Waals surface area contributed by atoms with Crippen LogP contribution in [0.15, 0.2) is 114 Å². The standard InChI is InChI=1S/C36H41N5O5S/c1-26(2)22-41(47(45,46)30-18-19-31-32(21-30)38-35(37-31)39-36(43)44)25-34(42)33(20-27-12-6-3-7-13-27)40(23-28-14-8-4-9-15-28)24-29-16-10-5-11-17-29/h3-19,21,26,33-34,42H,20,22-25H2,1-2H3,(H,43,44)(H2,37,38,39)/t33-,34+/m0/s1. The van der Waals surface area contributed by atoms with E-state index in [1.54, 1.807) is 0 Å². The number of carbonyl (C=O) groups is 1. The Balaban J connectivity index is 1.49. The summed E-state index contributed by atoms with van der Waals surface area (Å²) < 4.78 is 29.8. The van der Waals surface area contributed by atoms with Gasteiger partial charge in [0.25, 0.3) is 0 Å². The fraction of sp³-hybridized carbons (Fsp3) is 0.278. The number of anilines is 1. The third-order valence-corrected chi connectivity index (χ3v) is 9.76. The zero-order valence-electron chi connectivity index (χ0n) is 26.5. The molecular weight excluding hydrogens is 614 g/mol. The number of aromatic nitrogens is 2. The van der Waals surface area contributed by atoms with Gasteiger partial charge in [-0.05, 0) is 47.2 Å². The molecule has 5 aromatic rings. The number of carboxylic acid groups (broad SMARTS) is 1. The molecule has 2 atom stereocenters. The third-order valence-electron chi connectivity index (χ3n) is 7.93. The molecule has 0 unspecified atom stereocenters. The van der Waals surface area contributed by atoms with E-state index >= 15 is 0 Å². The minimum absolute atomic E-state index is 0.00261. The van der Waals surface area contributed by atoms with Crippen LogP contribution in [0.25, 0.3) is 11.0 Å². The van der Waals surface area contributed by atoms with Crippen molar-refractivity contribution in [2.24, 2.45) is 5.92 Å². The summed E-state index contributed by atoms with van der Waals surface area (Å²) in [6.07, 6.45) is -1.82. The van der Waals surface area contributed by atoms with Crippen LogP contribution in [-0.2, 0) is 29.5 Å². The maximum absolute atomic E-state index is 14.2. The number of nitrogens with one attached hydrogen (secondary N) is 2. The van der Waals surface area contributed by atoms with Gasteiger partial charge in [-0.25, -0.2) is 18.2 Å². The van der Waals surface area contributed by atoms with E-state index in [1.165, 1.54) is 22.5 Å². The smallest absolute Gasteiger partial charge is 0.411 e. The molecule has 0 bridgehead atoms. The van der Waals surface area contributed by atoms with E-state index < -0.39 is 28.3 Å². The Kier molecular flexibility index (Phi) is 11.0. The Bertz CT molecular complexity index is 1810. The van der Waals surface area contributed by atoms with Crippen LogP contribution >= 0.6 is 0 Å². The van der Waals surface area contributed by atoms with Crippen LogP contribution < -0.4 is 5.32 Å². The number of hydrogen-bond acceptors (Lipinski definition) is 6. The molecule has 0 fully saturated rings. The second kappa shape index (κ2) is 15.4. The lowest BCUT2D eigenvalue weighted by Gasteiger charge is -2.37. The monoisotopic (exact) mass is 655 g/mol. The van der Waals surface area contributed by atoms with Crippen LogP contribution in [0.3, 0.4) is 0 Å². The normalized spacial score (nSPS) is 13.3. The number of sulfonamides is 1. The van der Waals surface area contributed by atoms with Crippen LogP contribution in [-0.4, -0.2) is 69.1 Å². The Hall–Kier alpha value is -4.55. The minimum Gasteiger partial charge on any atom is -0.465 e. The highest BCUT2D eigenvalue weighted by molar-refractivity contribution is 7.89. The summed E-state index contributed by atoms with van der Waals surface area (Å²) >= 11 is 0.